The van der Waals surface area contributed by atoms with Gasteiger partial charge in [-0.1, -0.05) is 13.0 Å². The molecule has 0 saturated heterocycles. The summed E-state index contributed by atoms with van der Waals surface area (Å²) in [6.45, 7) is 2.22. The highest BCUT2D eigenvalue weighted by molar-refractivity contribution is 5.90. The van der Waals surface area contributed by atoms with Crippen LogP contribution in [0, 0.1) is 23.5 Å². The van der Waals surface area contributed by atoms with Gasteiger partial charge < -0.3 is 10.3 Å². The van der Waals surface area contributed by atoms with E-state index in [0.717, 1.165) is 18.9 Å². The summed E-state index contributed by atoms with van der Waals surface area (Å²) in [5.74, 6) is -1.46. The number of hydrogen-bond donors (Lipinski definition) is 2. The number of nitrogens with one attached hydrogen (secondary N) is 2. The van der Waals surface area contributed by atoms with E-state index in [9.17, 15) is 18.4 Å². The van der Waals surface area contributed by atoms with Crippen molar-refractivity contribution in [2.75, 3.05) is 6.54 Å². The van der Waals surface area contributed by atoms with Crippen molar-refractivity contribution < 1.29 is 13.6 Å². The minimum absolute atomic E-state index is 0.0272. The van der Waals surface area contributed by atoms with E-state index < -0.39 is 23.1 Å². The molecule has 1 heterocycles. The minimum Gasteiger partial charge on any atom is -0.349 e. The zero-order valence-corrected chi connectivity index (χ0v) is 13.8. The van der Waals surface area contributed by atoms with E-state index in [1.54, 1.807) is 0 Å². The molecule has 0 unspecified atom stereocenters. The number of aromatic amines is 1. The van der Waals surface area contributed by atoms with Crippen molar-refractivity contribution in [2.45, 2.75) is 25.7 Å². The Balaban J connectivity index is 1.71. The largest absolute Gasteiger partial charge is 0.349 e. The summed E-state index contributed by atoms with van der Waals surface area (Å²) in [6, 6.07) is 4.81. The van der Waals surface area contributed by atoms with E-state index >= 15 is 0 Å². The van der Waals surface area contributed by atoms with Crippen molar-refractivity contribution in [1.29, 1.82) is 0 Å². The molecule has 1 amide bonds. The lowest BCUT2D eigenvalue weighted by atomic mass is 9.83. The lowest BCUT2D eigenvalue weighted by Gasteiger charge is -2.25. The minimum atomic E-state index is -0.608. The van der Waals surface area contributed by atoms with Crippen LogP contribution in [0.1, 0.15) is 41.9 Å². The third-order valence-corrected chi connectivity index (χ3v) is 4.71. The summed E-state index contributed by atoms with van der Waals surface area (Å²) in [6.07, 6.45) is 3.31. The zero-order chi connectivity index (χ0) is 18.0. The number of carbonyl (C=O) groups excluding carboxylic acids is 1. The second-order valence-electron chi connectivity index (χ2n) is 6.45. The third-order valence-electron chi connectivity index (χ3n) is 4.71. The molecule has 2 N–H and O–H groups in total. The molecule has 0 radical (unpaired) electrons. The Kier molecular flexibility index (Phi) is 4.92. The first kappa shape index (κ1) is 17.3. The summed E-state index contributed by atoms with van der Waals surface area (Å²) >= 11 is 0. The number of H-pyrrole nitrogens is 1. The number of rotatable bonds is 6. The summed E-state index contributed by atoms with van der Waals surface area (Å²) in [4.78, 5) is 29.6. The summed E-state index contributed by atoms with van der Waals surface area (Å²) in [5.41, 5.74) is 0.0411. The van der Waals surface area contributed by atoms with Gasteiger partial charge in [0.15, 0.2) is 5.82 Å². The molecule has 0 spiro atoms. The van der Waals surface area contributed by atoms with Crippen molar-refractivity contribution in [1.82, 2.24) is 15.3 Å². The molecule has 132 valence electrons. The van der Waals surface area contributed by atoms with Crippen molar-refractivity contribution >= 4 is 5.91 Å². The van der Waals surface area contributed by atoms with Crippen molar-refractivity contribution in [2.24, 2.45) is 11.8 Å². The number of amides is 1. The van der Waals surface area contributed by atoms with Crippen LogP contribution in [0.3, 0.4) is 0 Å². The number of benzene rings is 1. The maximum atomic E-state index is 14.1. The van der Waals surface area contributed by atoms with Crippen LogP contribution >= 0.6 is 0 Å². The molecule has 1 fully saturated rings. The quantitative estimate of drug-likeness (QED) is 0.843. The van der Waals surface area contributed by atoms with Gasteiger partial charge in [0, 0.05) is 24.9 Å². The molecule has 25 heavy (non-hydrogen) atoms. The van der Waals surface area contributed by atoms with Gasteiger partial charge in [0.25, 0.3) is 11.5 Å². The number of nitrogens with zero attached hydrogens (tertiary/aromatic N) is 1. The average Bonchev–Trinajstić information content (AvgIpc) is 3.39. The first-order valence-corrected chi connectivity index (χ1v) is 8.24. The predicted octanol–water partition coefficient (Wildman–Crippen LogP) is 2.61. The Hall–Kier alpha value is -2.57. The van der Waals surface area contributed by atoms with E-state index in [0.29, 0.717) is 18.0 Å². The van der Waals surface area contributed by atoms with E-state index in [1.807, 2.05) is 6.92 Å². The molecule has 0 bridgehead atoms. The first-order chi connectivity index (χ1) is 12.0. The van der Waals surface area contributed by atoms with Crippen LogP contribution < -0.4 is 10.9 Å². The van der Waals surface area contributed by atoms with Gasteiger partial charge in [0.2, 0.25) is 0 Å². The highest BCUT2D eigenvalue weighted by Gasteiger charge is 2.36. The molecule has 5 nitrogen and oxygen atoms in total. The number of carbonyl (C=O) groups is 1. The molecule has 0 aliphatic heterocycles. The summed E-state index contributed by atoms with van der Waals surface area (Å²) in [7, 11) is 0. The van der Waals surface area contributed by atoms with Crippen LogP contribution in [0.25, 0.3) is 0 Å². The van der Waals surface area contributed by atoms with Crippen LogP contribution in [0.4, 0.5) is 8.78 Å². The molecular weight excluding hydrogens is 328 g/mol. The highest BCUT2D eigenvalue weighted by Crippen LogP contribution is 2.44. The Morgan fingerprint density at radius 2 is 2.12 bits per heavy atom. The van der Waals surface area contributed by atoms with E-state index in [4.69, 9.17) is 0 Å². The van der Waals surface area contributed by atoms with E-state index in [-0.39, 0.29) is 17.7 Å². The van der Waals surface area contributed by atoms with Crippen LogP contribution in [-0.4, -0.2) is 22.4 Å². The molecule has 1 saturated carbocycles. The maximum Gasteiger partial charge on any atom is 0.287 e. The van der Waals surface area contributed by atoms with Crippen molar-refractivity contribution in [3.63, 3.8) is 0 Å². The molecule has 1 aliphatic carbocycles. The second kappa shape index (κ2) is 7.13. The molecule has 1 aromatic heterocycles. The fraction of sp³-hybridized carbons (Fsp3) is 0.389. The van der Waals surface area contributed by atoms with Gasteiger partial charge in [-0.05, 0) is 42.2 Å². The van der Waals surface area contributed by atoms with Crippen LogP contribution in [0.2, 0.25) is 0 Å². The molecule has 7 heteroatoms. The lowest BCUT2D eigenvalue weighted by molar-refractivity contribution is 0.0932. The van der Waals surface area contributed by atoms with E-state index in [1.165, 1.54) is 24.4 Å². The van der Waals surface area contributed by atoms with Crippen LogP contribution in [0.15, 0.2) is 35.3 Å². The van der Waals surface area contributed by atoms with E-state index in [2.05, 4.69) is 15.3 Å². The molecule has 2 atom stereocenters. The predicted molar refractivity (Wildman–Crippen MR) is 88.2 cm³/mol. The monoisotopic (exact) mass is 347 g/mol. The third kappa shape index (κ3) is 4.10. The lowest BCUT2D eigenvalue weighted by Crippen LogP contribution is -2.34. The number of hydrogen-bond acceptors (Lipinski definition) is 3. The van der Waals surface area contributed by atoms with Gasteiger partial charge in [0.1, 0.15) is 11.6 Å². The summed E-state index contributed by atoms with van der Waals surface area (Å²) < 4.78 is 27.2. The maximum absolute atomic E-state index is 14.1. The van der Waals surface area contributed by atoms with Crippen molar-refractivity contribution in [3.8, 4) is 0 Å². The van der Waals surface area contributed by atoms with Gasteiger partial charge in [0.05, 0.1) is 0 Å². The Morgan fingerprint density at radius 3 is 2.76 bits per heavy atom. The second-order valence-corrected chi connectivity index (χ2v) is 6.45. The topological polar surface area (TPSA) is 74.8 Å². The number of halogens is 2. The highest BCUT2D eigenvalue weighted by atomic mass is 19.1. The van der Waals surface area contributed by atoms with Crippen molar-refractivity contribution in [3.05, 3.63) is 63.8 Å². The molecule has 1 aromatic carbocycles. The fourth-order valence-corrected chi connectivity index (χ4v) is 3.16. The first-order valence-electron chi connectivity index (χ1n) is 8.24. The van der Waals surface area contributed by atoms with Crippen LogP contribution in [-0.2, 0) is 0 Å². The molecule has 3 rings (SSSR count). The van der Waals surface area contributed by atoms with Gasteiger partial charge in [-0.25, -0.2) is 13.8 Å². The smallest absolute Gasteiger partial charge is 0.287 e. The molecular formula is C18H19F2N3O2. The average molecular weight is 347 g/mol. The zero-order valence-electron chi connectivity index (χ0n) is 13.8. The summed E-state index contributed by atoms with van der Waals surface area (Å²) in [5, 5.41) is 2.76. The normalized spacial score (nSPS) is 16.3. The standard InChI is InChI=1S/C18H19F2N3O2/c1-10(13-5-4-12(19)8-15(13)20)14(11-2-3-11)9-22-18(25)17-21-7-6-16(24)23-17/h4-8,10-11,14H,2-3,9H2,1H3,(H,22,25)(H,21,23,24)/t10-,14-/m1/s1. The van der Waals surface area contributed by atoms with Gasteiger partial charge in [-0.2, -0.15) is 0 Å². The SMILES string of the molecule is C[C@H](c1ccc(F)cc1F)[C@@H](CNC(=O)c1nccc(=O)[nH]1)C1CC1. The van der Waals surface area contributed by atoms with Gasteiger partial charge >= 0.3 is 0 Å². The Morgan fingerprint density at radius 1 is 1.36 bits per heavy atom. The van der Waals surface area contributed by atoms with Gasteiger partial charge in [-0.3, -0.25) is 9.59 Å². The van der Waals surface area contributed by atoms with Crippen LogP contribution in [0.5, 0.6) is 0 Å². The van der Waals surface area contributed by atoms with Gasteiger partial charge in [-0.15, -0.1) is 0 Å². The number of aromatic nitrogens is 2. The molecule has 2 aromatic rings. The Labute approximate surface area is 143 Å². The fourth-order valence-electron chi connectivity index (χ4n) is 3.16. The molecule has 1 aliphatic rings. The Bertz CT molecular complexity index is 833.